The lowest BCUT2D eigenvalue weighted by molar-refractivity contribution is 0.614. The van der Waals surface area contributed by atoms with E-state index in [1.165, 1.54) is 17.8 Å². The maximum atomic E-state index is 10.6. The normalized spacial score (nSPS) is 10.6. The molecule has 0 aliphatic rings. The Hall–Kier alpha value is -0.190. The van der Waals surface area contributed by atoms with E-state index in [4.69, 9.17) is 11.6 Å². The van der Waals surface area contributed by atoms with E-state index < -0.39 is 10.7 Å². The first-order valence-corrected chi connectivity index (χ1v) is 5.91. The standard InChI is InChI=1S/C7H7ClO2S2/c1-11-5-2-3-7(12(9)10)6(8)4-5/h2-4,12H,1H3. The first-order valence-electron chi connectivity index (χ1n) is 3.13. The molecule has 66 valence electrons. The Balaban J connectivity index is 3.20. The van der Waals surface area contributed by atoms with Crippen molar-refractivity contribution in [3.05, 3.63) is 23.2 Å². The van der Waals surface area contributed by atoms with Gasteiger partial charge >= 0.3 is 0 Å². The summed E-state index contributed by atoms with van der Waals surface area (Å²) in [6, 6.07) is 4.89. The second-order valence-electron chi connectivity index (χ2n) is 2.07. The van der Waals surface area contributed by atoms with Crippen molar-refractivity contribution in [1.29, 1.82) is 0 Å². The van der Waals surface area contributed by atoms with Crippen LogP contribution in [0.3, 0.4) is 0 Å². The zero-order valence-corrected chi connectivity index (χ0v) is 8.75. The second kappa shape index (κ2) is 4.16. The van der Waals surface area contributed by atoms with Gasteiger partial charge in [0.2, 0.25) is 0 Å². The molecule has 2 nitrogen and oxygen atoms in total. The van der Waals surface area contributed by atoms with Crippen molar-refractivity contribution in [3.8, 4) is 0 Å². The van der Waals surface area contributed by atoms with E-state index in [1.54, 1.807) is 12.1 Å². The van der Waals surface area contributed by atoms with Gasteiger partial charge in [-0.2, -0.15) is 0 Å². The Morgan fingerprint density at radius 2 is 2.08 bits per heavy atom. The molecule has 0 amide bonds. The minimum atomic E-state index is -2.58. The zero-order chi connectivity index (χ0) is 9.14. The summed E-state index contributed by atoms with van der Waals surface area (Å²) >= 11 is 7.23. The minimum absolute atomic E-state index is 0.185. The molecule has 0 aliphatic heterocycles. The minimum Gasteiger partial charge on any atom is -0.227 e. The van der Waals surface area contributed by atoms with Gasteiger partial charge in [-0.1, -0.05) is 11.6 Å². The highest BCUT2D eigenvalue weighted by Gasteiger charge is 2.02. The fourth-order valence-corrected chi connectivity index (χ4v) is 2.09. The molecule has 0 atom stereocenters. The van der Waals surface area contributed by atoms with Gasteiger partial charge in [0.25, 0.3) is 0 Å². The number of thiol groups is 1. The van der Waals surface area contributed by atoms with Crippen LogP contribution in [0.15, 0.2) is 28.0 Å². The summed E-state index contributed by atoms with van der Waals surface area (Å²) in [4.78, 5) is 1.14. The van der Waals surface area contributed by atoms with Crippen molar-refractivity contribution < 1.29 is 8.42 Å². The molecule has 1 aromatic rings. The van der Waals surface area contributed by atoms with Crippen LogP contribution in [0.2, 0.25) is 5.02 Å². The second-order valence-corrected chi connectivity index (χ2v) is 4.36. The molecule has 0 spiro atoms. The summed E-state index contributed by atoms with van der Waals surface area (Å²) in [5.41, 5.74) is 0. The third-order valence-corrected chi connectivity index (χ3v) is 3.30. The van der Waals surface area contributed by atoms with Crippen molar-refractivity contribution in [2.24, 2.45) is 0 Å². The fourth-order valence-electron chi connectivity index (χ4n) is 0.763. The van der Waals surface area contributed by atoms with Gasteiger partial charge in [0.1, 0.15) is 0 Å². The Morgan fingerprint density at radius 1 is 1.42 bits per heavy atom. The molecule has 0 aromatic heterocycles. The van der Waals surface area contributed by atoms with Crippen LogP contribution < -0.4 is 0 Å². The molecule has 0 saturated carbocycles. The van der Waals surface area contributed by atoms with E-state index in [0.29, 0.717) is 0 Å². The van der Waals surface area contributed by atoms with Gasteiger partial charge in [-0.15, -0.1) is 11.8 Å². The number of hydrogen-bond acceptors (Lipinski definition) is 3. The van der Waals surface area contributed by atoms with Crippen LogP contribution >= 0.6 is 23.4 Å². The number of rotatable bonds is 2. The van der Waals surface area contributed by atoms with Crippen LogP contribution in [0, 0.1) is 0 Å². The molecule has 0 N–H and O–H groups in total. The first-order chi connectivity index (χ1) is 5.65. The highest BCUT2D eigenvalue weighted by atomic mass is 35.5. The van der Waals surface area contributed by atoms with E-state index in [0.717, 1.165) is 4.90 Å². The van der Waals surface area contributed by atoms with E-state index in [9.17, 15) is 8.42 Å². The average molecular weight is 223 g/mol. The van der Waals surface area contributed by atoms with Gasteiger partial charge in [-0.25, -0.2) is 8.42 Å². The molecule has 1 rings (SSSR count). The molecular formula is C7H7ClO2S2. The number of halogens is 1. The molecule has 0 radical (unpaired) electrons. The highest BCUT2D eigenvalue weighted by molar-refractivity contribution is 7.98. The summed E-state index contributed by atoms with van der Waals surface area (Å²) < 4.78 is 21.1. The molecule has 0 bridgehead atoms. The van der Waals surface area contributed by atoms with Crippen LogP contribution in [0.25, 0.3) is 0 Å². The number of hydrogen-bond donors (Lipinski definition) is 1. The predicted octanol–water partition coefficient (Wildman–Crippen LogP) is 2.03. The van der Waals surface area contributed by atoms with E-state index in [2.05, 4.69) is 0 Å². The Morgan fingerprint density at radius 3 is 2.50 bits per heavy atom. The molecule has 0 aliphatic carbocycles. The Kier molecular flexibility index (Phi) is 3.43. The van der Waals surface area contributed by atoms with Crippen LogP contribution in [0.5, 0.6) is 0 Å². The quantitative estimate of drug-likeness (QED) is 0.614. The summed E-state index contributed by atoms with van der Waals surface area (Å²) in [5, 5.41) is 0.290. The largest absolute Gasteiger partial charge is 0.227 e. The molecular weight excluding hydrogens is 216 g/mol. The third kappa shape index (κ3) is 2.15. The van der Waals surface area contributed by atoms with Gasteiger partial charge in [-0.3, -0.25) is 0 Å². The summed E-state index contributed by atoms with van der Waals surface area (Å²) in [6.45, 7) is 0. The van der Waals surface area contributed by atoms with Crippen LogP contribution in [-0.2, 0) is 10.7 Å². The molecule has 0 fully saturated rings. The highest BCUT2D eigenvalue weighted by Crippen LogP contribution is 2.23. The summed E-state index contributed by atoms with van der Waals surface area (Å²) in [7, 11) is -2.58. The van der Waals surface area contributed by atoms with Crippen molar-refractivity contribution in [2.75, 3.05) is 6.26 Å². The van der Waals surface area contributed by atoms with Crippen LogP contribution in [0.1, 0.15) is 0 Å². The SMILES string of the molecule is CSc1ccc([SH](=O)=O)c(Cl)c1. The predicted molar refractivity (Wildman–Crippen MR) is 51.8 cm³/mol. The summed E-state index contributed by atoms with van der Waals surface area (Å²) in [5.74, 6) is 0. The molecule has 12 heavy (non-hydrogen) atoms. The van der Waals surface area contributed by atoms with E-state index in [1.807, 2.05) is 6.26 Å². The maximum absolute atomic E-state index is 10.6. The maximum Gasteiger partial charge on any atom is 0.169 e. The van der Waals surface area contributed by atoms with E-state index >= 15 is 0 Å². The van der Waals surface area contributed by atoms with Gasteiger partial charge in [0.15, 0.2) is 10.7 Å². The lowest BCUT2D eigenvalue weighted by Crippen LogP contribution is -1.82. The number of thioether (sulfide) groups is 1. The van der Waals surface area contributed by atoms with Crippen molar-refractivity contribution in [1.82, 2.24) is 0 Å². The topological polar surface area (TPSA) is 34.1 Å². The Labute approximate surface area is 81.9 Å². The molecule has 0 heterocycles. The molecule has 5 heteroatoms. The lowest BCUT2D eigenvalue weighted by Gasteiger charge is -1.98. The first kappa shape index (κ1) is 9.89. The average Bonchev–Trinajstić information content (AvgIpc) is 2.03. The van der Waals surface area contributed by atoms with Gasteiger partial charge in [0, 0.05) is 4.90 Å². The van der Waals surface area contributed by atoms with Gasteiger partial charge < -0.3 is 0 Å². The molecule has 0 saturated heterocycles. The third-order valence-electron chi connectivity index (χ3n) is 1.35. The molecule has 1 aromatic carbocycles. The summed E-state index contributed by atoms with van der Waals surface area (Å²) in [6.07, 6.45) is 1.91. The van der Waals surface area contributed by atoms with Crippen LogP contribution in [-0.4, -0.2) is 14.7 Å². The monoisotopic (exact) mass is 222 g/mol. The molecule has 0 unspecified atom stereocenters. The van der Waals surface area contributed by atoms with Gasteiger partial charge in [-0.05, 0) is 24.5 Å². The zero-order valence-electron chi connectivity index (χ0n) is 6.28. The van der Waals surface area contributed by atoms with Crippen molar-refractivity contribution in [2.45, 2.75) is 9.79 Å². The smallest absolute Gasteiger partial charge is 0.169 e. The number of benzene rings is 1. The van der Waals surface area contributed by atoms with E-state index in [-0.39, 0.29) is 9.92 Å². The fraction of sp³-hybridized carbons (Fsp3) is 0.143. The lowest BCUT2D eigenvalue weighted by atomic mass is 10.4. The van der Waals surface area contributed by atoms with Crippen molar-refractivity contribution >= 4 is 34.1 Å². The van der Waals surface area contributed by atoms with Crippen LogP contribution in [0.4, 0.5) is 0 Å². The van der Waals surface area contributed by atoms with Gasteiger partial charge in [0.05, 0.1) is 9.92 Å². The van der Waals surface area contributed by atoms with Crippen molar-refractivity contribution in [3.63, 3.8) is 0 Å². The Bertz CT molecular complexity index is 352.